The summed E-state index contributed by atoms with van der Waals surface area (Å²) in [6.07, 6.45) is 0. The van der Waals surface area contributed by atoms with Gasteiger partial charge in [0.2, 0.25) is 0 Å². The van der Waals surface area contributed by atoms with Gasteiger partial charge in [-0.1, -0.05) is 77.4 Å². The molecule has 3 aromatic carbocycles. The Morgan fingerprint density at radius 3 is 1.80 bits per heavy atom. The van der Waals surface area contributed by atoms with Crippen molar-refractivity contribution in [2.24, 2.45) is 0 Å². The Kier molecular flexibility index (Phi) is 4.57. The predicted molar refractivity (Wildman–Crippen MR) is 89.3 cm³/mol. The zero-order chi connectivity index (χ0) is 14.5. The summed E-state index contributed by atoms with van der Waals surface area (Å²) in [5.41, 5.74) is 5.38. The Labute approximate surface area is 122 Å². The van der Waals surface area contributed by atoms with Gasteiger partial charge < -0.3 is 0 Å². The third-order valence-electron chi connectivity index (χ3n) is 3.39. The van der Waals surface area contributed by atoms with Gasteiger partial charge in [-0.15, -0.1) is 0 Å². The molecule has 3 aromatic rings. The lowest BCUT2D eigenvalue weighted by molar-refractivity contribution is 1.39. The molecule has 0 aromatic heterocycles. The normalized spacial score (nSPS) is 10.0. The van der Waals surface area contributed by atoms with E-state index < -0.39 is 0 Å². The summed E-state index contributed by atoms with van der Waals surface area (Å²) in [6.45, 7) is 8.51. The first-order chi connectivity index (χ1) is 9.56. The van der Waals surface area contributed by atoms with Gasteiger partial charge in [0.05, 0.1) is 0 Å². The molecular weight excluding hydrogens is 240 g/mol. The summed E-state index contributed by atoms with van der Waals surface area (Å²) in [7, 11) is 0. The highest BCUT2D eigenvalue weighted by Gasteiger charge is 1.95. The predicted octanol–water partition coefficient (Wildman–Crippen LogP) is 5.76. The minimum absolute atomic E-state index is 1.34. The summed E-state index contributed by atoms with van der Waals surface area (Å²) >= 11 is 0. The third-order valence-corrected chi connectivity index (χ3v) is 3.39. The van der Waals surface area contributed by atoms with E-state index >= 15 is 0 Å². The van der Waals surface area contributed by atoms with Gasteiger partial charge in [0.15, 0.2) is 0 Å². The van der Waals surface area contributed by atoms with Crippen molar-refractivity contribution in [1.82, 2.24) is 0 Å². The summed E-state index contributed by atoms with van der Waals surface area (Å²) in [4.78, 5) is 0. The van der Waals surface area contributed by atoms with Crippen molar-refractivity contribution in [1.29, 1.82) is 0 Å². The summed E-state index contributed by atoms with van der Waals surface area (Å²) in [6, 6.07) is 21.4. The minimum Gasteiger partial charge on any atom is -0.0617 e. The molecule has 0 unspecified atom stereocenters. The second kappa shape index (κ2) is 6.38. The second-order valence-corrected chi connectivity index (χ2v) is 5.46. The van der Waals surface area contributed by atoms with E-state index in [4.69, 9.17) is 0 Å². The van der Waals surface area contributed by atoms with E-state index in [2.05, 4.69) is 88.4 Å². The van der Waals surface area contributed by atoms with Gasteiger partial charge in [0.25, 0.3) is 0 Å². The highest BCUT2D eigenvalue weighted by molar-refractivity contribution is 5.86. The first-order valence-corrected chi connectivity index (χ1v) is 7.05. The lowest BCUT2D eigenvalue weighted by Crippen LogP contribution is -1.80. The van der Waals surface area contributed by atoms with Crippen LogP contribution in [0.4, 0.5) is 0 Å². The SMILES string of the molecule is Cc1cc(C)c2ccccc2c1.Cc1cccc(C)c1. The lowest BCUT2D eigenvalue weighted by Gasteiger charge is -2.02. The smallest absolute Gasteiger partial charge is 0.0155 e. The molecule has 0 saturated carbocycles. The number of fused-ring (bicyclic) bond motifs is 1. The largest absolute Gasteiger partial charge is 0.0617 e. The van der Waals surface area contributed by atoms with E-state index in [1.807, 2.05) is 0 Å². The van der Waals surface area contributed by atoms with Crippen LogP contribution < -0.4 is 0 Å². The maximum atomic E-state index is 2.22. The molecule has 0 heteroatoms. The van der Waals surface area contributed by atoms with Gasteiger partial charge >= 0.3 is 0 Å². The highest BCUT2D eigenvalue weighted by atomic mass is 14.0. The van der Waals surface area contributed by atoms with Crippen LogP contribution in [0.2, 0.25) is 0 Å². The molecule has 0 radical (unpaired) electrons. The van der Waals surface area contributed by atoms with Crippen molar-refractivity contribution < 1.29 is 0 Å². The molecule has 0 N–H and O–H groups in total. The molecule has 0 aliphatic heterocycles. The minimum atomic E-state index is 1.34. The molecular formula is C20H22. The molecule has 0 saturated heterocycles. The molecule has 0 nitrogen and oxygen atoms in total. The summed E-state index contributed by atoms with van der Waals surface area (Å²) < 4.78 is 0. The summed E-state index contributed by atoms with van der Waals surface area (Å²) in [5.74, 6) is 0. The van der Waals surface area contributed by atoms with Crippen LogP contribution in [0.25, 0.3) is 10.8 Å². The maximum absolute atomic E-state index is 2.22. The van der Waals surface area contributed by atoms with Crippen molar-refractivity contribution in [2.75, 3.05) is 0 Å². The van der Waals surface area contributed by atoms with E-state index in [9.17, 15) is 0 Å². The zero-order valence-corrected chi connectivity index (χ0v) is 12.8. The summed E-state index contributed by atoms with van der Waals surface area (Å²) in [5, 5.41) is 2.71. The maximum Gasteiger partial charge on any atom is -0.0155 e. The van der Waals surface area contributed by atoms with Gasteiger partial charge in [0, 0.05) is 0 Å². The van der Waals surface area contributed by atoms with Crippen LogP contribution in [-0.2, 0) is 0 Å². The average molecular weight is 262 g/mol. The number of benzene rings is 3. The van der Waals surface area contributed by atoms with Crippen molar-refractivity contribution in [3.8, 4) is 0 Å². The van der Waals surface area contributed by atoms with Gasteiger partial charge in [0.1, 0.15) is 0 Å². The standard InChI is InChI=1S/C12H12.C8H10/c1-9-7-10(2)12-6-4-3-5-11(12)8-9;1-7-4-3-5-8(2)6-7/h3-8H,1-2H3;3-6H,1-2H3. The van der Waals surface area contributed by atoms with Crippen LogP contribution in [0.3, 0.4) is 0 Å². The molecule has 0 fully saturated rings. The Morgan fingerprint density at radius 2 is 1.20 bits per heavy atom. The van der Waals surface area contributed by atoms with Crippen molar-refractivity contribution in [2.45, 2.75) is 27.7 Å². The van der Waals surface area contributed by atoms with E-state index in [0.29, 0.717) is 0 Å². The molecule has 0 aliphatic carbocycles. The Bertz CT molecular complexity index is 691. The fourth-order valence-electron chi connectivity index (χ4n) is 2.50. The van der Waals surface area contributed by atoms with Gasteiger partial charge in [-0.2, -0.15) is 0 Å². The lowest BCUT2D eigenvalue weighted by atomic mass is 10.0. The zero-order valence-electron chi connectivity index (χ0n) is 12.8. The Morgan fingerprint density at radius 1 is 0.550 bits per heavy atom. The first-order valence-electron chi connectivity index (χ1n) is 7.05. The quantitative estimate of drug-likeness (QED) is 0.483. The molecule has 102 valence electrons. The van der Waals surface area contributed by atoms with Crippen molar-refractivity contribution >= 4 is 10.8 Å². The van der Waals surface area contributed by atoms with Crippen LogP contribution in [0.1, 0.15) is 22.3 Å². The number of aryl methyl sites for hydroxylation is 4. The number of hydrogen-bond donors (Lipinski definition) is 0. The third kappa shape index (κ3) is 3.71. The van der Waals surface area contributed by atoms with E-state index in [1.54, 1.807) is 0 Å². The van der Waals surface area contributed by atoms with Crippen LogP contribution in [0.15, 0.2) is 60.7 Å². The van der Waals surface area contributed by atoms with Crippen LogP contribution in [0.5, 0.6) is 0 Å². The van der Waals surface area contributed by atoms with E-state index in [0.717, 1.165) is 0 Å². The van der Waals surface area contributed by atoms with Crippen LogP contribution in [0, 0.1) is 27.7 Å². The Hall–Kier alpha value is -2.08. The molecule has 0 heterocycles. The average Bonchev–Trinajstić information content (AvgIpc) is 2.39. The van der Waals surface area contributed by atoms with Gasteiger partial charge in [-0.25, -0.2) is 0 Å². The highest BCUT2D eigenvalue weighted by Crippen LogP contribution is 2.19. The molecule has 0 spiro atoms. The fraction of sp³-hybridized carbons (Fsp3) is 0.200. The van der Waals surface area contributed by atoms with Crippen molar-refractivity contribution in [3.63, 3.8) is 0 Å². The molecule has 0 bridgehead atoms. The molecule has 0 amide bonds. The molecule has 0 aliphatic rings. The topological polar surface area (TPSA) is 0 Å². The van der Waals surface area contributed by atoms with E-state index in [-0.39, 0.29) is 0 Å². The van der Waals surface area contributed by atoms with Gasteiger partial charge in [-0.3, -0.25) is 0 Å². The second-order valence-electron chi connectivity index (χ2n) is 5.46. The molecule has 0 atom stereocenters. The number of hydrogen-bond acceptors (Lipinski definition) is 0. The van der Waals surface area contributed by atoms with Crippen LogP contribution >= 0.6 is 0 Å². The van der Waals surface area contributed by atoms with Gasteiger partial charge in [-0.05, 0) is 44.0 Å². The van der Waals surface area contributed by atoms with Crippen LogP contribution in [-0.4, -0.2) is 0 Å². The van der Waals surface area contributed by atoms with E-state index in [1.165, 1.54) is 33.0 Å². The number of rotatable bonds is 0. The molecule has 20 heavy (non-hydrogen) atoms. The fourth-order valence-corrected chi connectivity index (χ4v) is 2.50. The monoisotopic (exact) mass is 262 g/mol. The first kappa shape index (κ1) is 14.3. The Balaban J connectivity index is 0.000000160. The molecule has 3 rings (SSSR count). The van der Waals surface area contributed by atoms with Crippen molar-refractivity contribution in [3.05, 3.63) is 82.9 Å².